The molecule has 114 valence electrons. The Morgan fingerprint density at radius 1 is 1.24 bits per heavy atom. The van der Waals surface area contributed by atoms with E-state index < -0.39 is 11.1 Å². The summed E-state index contributed by atoms with van der Waals surface area (Å²) in [5, 5.41) is -0.100. The van der Waals surface area contributed by atoms with E-state index in [1.807, 2.05) is 0 Å². The molecule has 0 N–H and O–H groups in total. The molecule has 0 radical (unpaired) electrons. The van der Waals surface area contributed by atoms with Crippen LogP contribution in [0.5, 0.6) is 0 Å². The second-order valence-corrected chi connectivity index (χ2v) is 11.3. The van der Waals surface area contributed by atoms with Crippen LogP contribution in [0.4, 0.5) is 0 Å². The first-order valence-corrected chi connectivity index (χ1v) is 11.1. The summed E-state index contributed by atoms with van der Waals surface area (Å²) in [6, 6.07) is 6.76. The molecule has 0 saturated heterocycles. The molecule has 0 fully saturated rings. The molecule has 0 spiro atoms. The standard InChI is InChI=1S/C12H13BrNO4PS2/c1-17-19(20,18-2)21-10(7-13)14-11(15)8-5-3-4-6-9(8)12(14)16/h3-6,10H,7H2,1-2H3. The lowest BCUT2D eigenvalue weighted by atomic mass is 10.1. The molecular weight excluding hydrogens is 397 g/mol. The second kappa shape index (κ2) is 6.89. The molecule has 1 aromatic rings. The predicted octanol–water partition coefficient (Wildman–Crippen LogP) is 3.25. The first-order valence-electron chi connectivity index (χ1n) is 5.90. The van der Waals surface area contributed by atoms with E-state index in [0.29, 0.717) is 16.5 Å². The third-order valence-corrected chi connectivity index (χ3v) is 9.83. The van der Waals surface area contributed by atoms with E-state index in [0.717, 1.165) is 0 Å². The third kappa shape index (κ3) is 3.25. The van der Waals surface area contributed by atoms with Crippen molar-refractivity contribution in [2.75, 3.05) is 19.5 Å². The topological polar surface area (TPSA) is 55.8 Å². The van der Waals surface area contributed by atoms with Crippen LogP contribution >= 0.6 is 33.0 Å². The van der Waals surface area contributed by atoms with E-state index in [1.54, 1.807) is 24.3 Å². The number of hydrogen-bond donors (Lipinski definition) is 0. The summed E-state index contributed by atoms with van der Waals surface area (Å²) in [7, 11) is 2.93. The van der Waals surface area contributed by atoms with Crippen molar-refractivity contribution in [3.8, 4) is 0 Å². The summed E-state index contributed by atoms with van der Waals surface area (Å²) >= 11 is 9.82. The SMILES string of the molecule is COP(=S)(OC)SC(CBr)N1C(=O)c2ccccc2C1=O. The molecule has 1 atom stereocenters. The number of halogens is 1. The van der Waals surface area contributed by atoms with Gasteiger partial charge in [0.05, 0.1) is 11.1 Å². The van der Waals surface area contributed by atoms with E-state index in [9.17, 15) is 9.59 Å². The van der Waals surface area contributed by atoms with Crippen LogP contribution in [0.15, 0.2) is 24.3 Å². The summed E-state index contributed by atoms with van der Waals surface area (Å²) in [4.78, 5) is 26.1. The van der Waals surface area contributed by atoms with Crippen molar-refractivity contribution in [2.24, 2.45) is 0 Å². The average Bonchev–Trinajstić information content (AvgIpc) is 2.77. The van der Waals surface area contributed by atoms with Crippen LogP contribution in [-0.4, -0.2) is 41.6 Å². The van der Waals surface area contributed by atoms with Crippen molar-refractivity contribution in [2.45, 2.75) is 5.37 Å². The normalized spacial score (nSPS) is 16.2. The molecule has 0 bridgehead atoms. The Hall–Kier alpha value is -0.240. The molecule has 0 saturated carbocycles. The first kappa shape index (κ1) is 17.1. The number of nitrogens with zero attached hydrogens (tertiary/aromatic N) is 1. The molecule has 0 aliphatic carbocycles. The van der Waals surface area contributed by atoms with Gasteiger partial charge < -0.3 is 9.05 Å². The molecule has 5 nitrogen and oxygen atoms in total. The Morgan fingerprint density at radius 2 is 1.71 bits per heavy atom. The van der Waals surface area contributed by atoms with Gasteiger partial charge in [0.25, 0.3) is 11.8 Å². The lowest BCUT2D eigenvalue weighted by Gasteiger charge is -2.27. The van der Waals surface area contributed by atoms with Crippen molar-refractivity contribution < 1.29 is 18.6 Å². The van der Waals surface area contributed by atoms with Gasteiger partial charge in [-0.3, -0.25) is 14.5 Å². The van der Waals surface area contributed by atoms with Gasteiger partial charge in [-0.05, 0) is 35.3 Å². The zero-order chi connectivity index (χ0) is 15.6. The smallest absolute Gasteiger partial charge is 0.262 e. The Morgan fingerprint density at radius 3 is 2.10 bits per heavy atom. The largest absolute Gasteiger partial charge is 0.325 e. The fraction of sp³-hybridized carbons (Fsp3) is 0.333. The molecule has 9 heteroatoms. The van der Waals surface area contributed by atoms with Gasteiger partial charge in [-0.1, -0.05) is 28.1 Å². The zero-order valence-corrected chi connectivity index (χ0v) is 15.4. The van der Waals surface area contributed by atoms with E-state index in [1.165, 1.54) is 30.5 Å². The van der Waals surface area contributed by atoms with Gasteiger partial charge in [0.1, 0.15) is 5.37 Å². The van der Waals surface area contributed by atoms with Crippen molar-refractivity contribution >= 4 is 56.6 Å². The van der Waals surface area contributed by atoms with Crippen LogP contribution in [-0.2, 0) is 20.9 Å². The summed E-state index contributed by atoms with van der Waals surface area (Å²) in [5.74, 6) is -0.636. The second-order valence-electron chi connectivity index (χ2n) is 4.05. The highest BCUT2D eigenvalue weighted by Gasteiger charge is 2.41. The van der Waals surface area contributed by atoms with Crippen LogP contribution < -0.4 is 0 Å². The van der Waals surface area contributed by atoms with E-state index >= 15 is 0 Å². The summed E-state index contributed by atoms with van der Waals surface area (Å²) in [6.07, 6.45) is 0. The Labute approximate surface area is 140 Å². The van der Waals surface area contributed by atoms with E-state index in [4.69, 9.17) is 20.9 Å². The molecule has 1 aliphatic rings. The van der Waals surface area contributed by atoms with Gasteiger partial charge in [0.15, 0.2) is 0 Å². The number of fused-ring (bicyclic) bond motifs is 1. The van der Waals surface area contributed by atoms with E-state index in [2.05, 4.69) is 15.9 Å². The van der Waals surface area contributed by atoms with Crippen molar-refractivity contribution in [1.82, 2.24) is 4.90 Å². The minimum absolute atomic E-state index is 0.318. The van der Waals surface area contributed by atoms with Gasteiger partial charge in [-0.25, -0.2) is 0 Å². The molecule has 1 unspecified atom stereocenters. The van der Waals surface area contributed by atoms with Crippen LogP contribution in [0.3, 0.4) is 0 Å². The van der Waals surface area contributed by atoms with Crippen LogP contribution in [0.25, 0.3) is 0 Å². The van der Waals surface area contributed by atoms with Crippen molar-refractivity contribution in [1.29, 1.82) is 0 Å². The van der Waals surface area contributed by atoms with Crippen LogP contribution in [0, 0.1) is 0 Å². The van der Waals surface area contributed by atoms with Crippen molar-refractivity contribution in [3.05, 3.63) is 35.4 Å². The van der Waals surface area contributed by atoms with Gasteiger partial charge in [0.2, 0.25) is 5.69 Å². The number of imide groups is 1. The Balaban J connectivity index is 2.31. The van der Waals surface area contributed by atoms with Gasteiger partial charge in [0, 0.05) is 19.5 Å². The molecular formula is C12H13BrNO4PS2. The number of benzene rings is 1. The number of carbonyl (C=O) groups excluding carboxylic acids is 2. The average molecular weight is 410 g/mol. The highest BCUT2D eigenvalue weighted by molar-refractivity contribution is 9.09. The third-order valence-electron chi connectivity index (χ3n) is 2.94. The maximum absolute atomic E-state index is 12.4. The van der Waals surface area contributed by atoms with Crippen LogP contribution in [0.1, 0.15) is 20.7 Å². The fourth-order valence-corrected chi connectivity index (χ4v) is 6.99. The predicted molar refractivity (Wildman–Crippen MR) is 90.4 cm³/mol. The number of amides is 2. The number of hydrogen-bond acceptors (Lipinski definition) is 6. The quantitative estimate of drug-likeness (QED) is 0.408. The minimum atomic E-state index is -2.58. The molecule has 2 rings (SSSR count). The highest BCUT2D eigenvalue weighted by Crippen LogP contribution is 2.62. The molecule has 1 aromatic carbocycles. The number of rotatable bonds is 6. The zero-order valence-electron chi connectivity index (χ0n) is 11.3. The van der Waals surface area contributed by atoms with E-state index in [-0.39, 0.29) is 11.8 Å². The monoisotopic (exact) mass is 409 g/mol. The molecule has 1 heterocycles. The lowest BCUT2D eigenvalue weighted by molar-refractivity contribution is 0.0649. The van der Waals surface area contributed by atoms with Crippen molar-refractivity contribution in [3.63, 3.8) is 0 Å². The Bertz CT molecular complexity index is 584. The van der Waals surface area contributed by atoms with Gasteiger partial charge >= 0.3 is 0 Å². The first-order chi connectivity index (χ1) is 9.97. The number of alkyl halides is 1. The molecule has 1 aliphatic heterocycles. The highest BCUT2D eigenvalue weighted by atomic mass is 79.9. The summed E-state index contributed by atoms with van der Waals surface area (Å²) < 4.78 is 10.4. The van der Waals surface area contributed by atoms with Gasteiger partial charge in [-0.2, -0.15) is 0 Å². The maximum Gasteiger partial charge on any atom is 0.262 e. The summed E-state index contributed by atoms with van der Waals surface area (Å²) in [6.45, 7) is 0. The maximum atomic E-state index is 12.4. The Kier molecular flexibility index (Phi) is 5.62. The molecule has 21 heavy (non-hydrogen) atoms. The minimum Gasteiger partial charge on any atom is -0.325 e. The summed E-state index contributed by atoms with van der Waals surface area (Å²) in [5.41, 5.74) is -1.75. The number of carbonyl (C=O) groups is 2. The van der Waals surface area contributed by atoms with Gasteiger partial charge in [-0.15, -0.1) is 0 Å². The molecule has 0 aromatic heterocycles. The molecule has 2 amide bonds. The fourth-order valence-electron chi connectivity index (χ4n) is 1.92. The van der Waals surface area contributed by atoms with Crippen LogP contribution in [0.2, 0.25) is 0 Å². The lowest BCUT2D eigenvalue weighted by Crippen LogP contribution is -2.38.